The van der Waals surface area contributed by atoms with Gasteiger partial charge in [0.25, 0.3) is 5.91 Å². The van der Waals surface area contributed by atoms with Gasteiger partial charge in [0.2, 0.25) is 0 Å². The Morgan fingerprint density at radius 1 is 1.04 bits per heavy atom. The maximum atomic E-state index is 12.7. The molecule has 2 bridgehead atoms. The summed E-state index contributed by atoms with van der Waals surface area (Å²) in [4.78, 5) is 15.3. The van der Waals surface area contributed by atoms with Crippen molar-refractivity contribution in [2.75, 3.05) is 7.11 Å². The predicted octanol–water partition coefficient (Wildman–Crippen LogP) is 3.62. The number of amides is 1. The highest BCUT2D eigenvalue weighted by Gasteiger charge is 2.41. The first kappa shape index (κ1) is 17.1. The van der Waals surface area contributed by atoms with E-state index in [9.17, 15) is 4.79 Å². The largest absolute Gasteiger partial charge is 0.496 e. The number of piperidine rings is 1. The highest BCUT2D eigenvalue weighted by Crippen LogP contribution is 2.37. The molecule has 2 aliphatic heterocycles. The Kier molecular flexibility index (Phi) is 4.93. The standard InChI is InChI=1S/C22H26N2O2/c1-26-21-10-6-5-9-20(21)22(25)23-17-13-18-11-12-19(14-17)24(18)15-16-7-3-2-4-8-16/h2-10,17-19H,11-15H2,1H3,(H,23,25)/t18-,19-/m1/s1. The lowest BCUT2D eigenvalue weighted by molar-refractivity contribution is 0.0825. The van der Waals surface area contributed by atoms with Gasteiger partial charge in [0.05, 0.1) is 12.7 Å². The fourth-order valence-electron chi connectivity index (χ4n) is 4.54. The van der Waals surface area contributed by atoms with Gasteiger partial charge < -0.3 is 10.1 Å². The summed E-state index contributed by atoms with van der Waals surface area (Å²) in [5.41, 5.74) is 2.00. The van der Waals surface area contributed by atoms with E-state index in [-0.39, 0.29) is 11.9 Å². The summed E-state index contributed by atoms with van der Waals surface area (Å²) in [5, 5.41) is 3.25. The number of methoxy groups -OCH3 is 1. The molecule has 136 valence electrons. The normalized spacial score (nSPS) is 25.0. The molecule has 2 fully saturated rings. The number of ether oxygens (including phenoxy) is 1. The van der Waals surface area contributed by atoms with Gasteiger partial charge in [-0.05, 0) is 43.4 Å². The summed E-state index contributed by atoms with van der Waals surface area (Å²) in [6.07, 6.45) is 4.53. The zero-order valence-electron chi connectivity index (χ0n) is 15.2. The molecule has 0 spiro atoms. The van der Waals surface area contributed by atoms with Crippen LogP contribution >= 0.6 is 0 Å². The Balaban J connectivity index is 1.40. The van der Waals surface area contributed by atoms with Crippen molar-refractivity contribution in [3.05, 3.63) is 65.7 Å². The lowest BCUT2D eigenvalue weighted by Crippen LogP contribution is -2.50. The van der Waals surface area contributed by atoms with Crippen LogP contribution in [0.3, 0.4) is 0 Å². The van der Waals surface area contributed by atoms with Crippen LogP contribution in [0.5, 0.6) is 5.75 Å². The number of para-hydroxylation sites is 1. The third-order valence-corrected chi connectivity index (χ3v) is 5.78. The Bertz CT molecular complexity index is 748. The van der Waals surface area contributed by atoms with Crippen LogP contribution in [0.1, 0.15) is 41.6 Å². The number of rotatable bonds is 5. The van der Waals surface area contributed by atoms with Gasteiger partial charge in [-0.3, -0.25) is 9.69 Å². The van der Waals surface area contributed by atoms with E-state index < -0.39 is 0 Å². The van der Waals surface area contributed by atoms with Crippen LogP contribution in [0.25, 0.3) is 0 Å². The van der Waals surface area contributed by atoms with E-state index in [0.717, 1.165) is 19.4 Å². The quantitative estimate of drug-likeness (QED) is 0.895. The molecule has 0 aromatic heterocycles. The summed E-state index contributed by atoms with van der Waals surface area (Å²) in [7, 11) is 1.61. The van der Waals surface area contributed by atoms with Crippen molar-refractivity contribution in [3.63, 3.8) is 0 Å². The monoisotopic (exact) mass is 350 g/mol. The molecule has 2 atom stereocenters. The average Bonchev–Trinajstić information content (AvgIpc) is 2.90. The molecule has 2 aromatic rings. The first-order valence-electron chi connectivity index (χ1n) is 9.48. The number of nitrogens with one attached hydrogen (secondary N) is 1. The molecular formula is C22H26N2O2. The highest BCUT2D eigenvalue weighted by molar-refractivity contribution is 5.97. The van der Waals surface area contributed by atoms with Crippen molar-refractivity contribution in [1.29, 1.82) is 0 Å². The smallest absolute Gasteiger partial charge is 0.255 e. The van der Waals surface area contributed by atoms with E-state index >= 15 is 0 Å². The summed E-state index contributed by atoms with van der Waals surface area (Å²) in [6, 6.07) is 19.5. The van der Waals surface area contributed by atoms with Crippen LogP contribution in [-0.2, 0) is 6.54 Å². The van der Waals surface area contributed by atoms with Gasteiger partial charge in [-0.2, -0.15) is 0 Å². The number of carbonyl (C=O) groups excluding carboxylic acids is 1. The van der Waals surface area contributed by atoms with Gasteiger partial charge in [-0.15, -0.1) is 0 Å². The summed E-state index contributed by atoms with van der Waals surface area (Å²) >= 11 is 0. The van der Waals surface area contributed by atoms with Crippen LogP contribution in [0, 0.1) is 0 Å². The molecule has 4 heteroatoms. The maximum Gasteiger partial charge on any atom is 0.255 e. The number of hydrogen-bond acceptors (Lipinski definition) is 3. The minimum atomic E-state index is -0.0247. The second kappa shape index (κ2) is 7.50. The molecule has 4 nitrogen and oxygen atoms in total. The second-order valence-electron chi connectivity index (χ2n) is 7.39. The molecule has 0 unspecified atom stereocenters. The topological polar surface area (TPSA) is 41.6 Å². The van der Waals surface area contributed by atoms with E-state index in [2.05, 4.69) is 40.5 Å². The van der Waals surface area contributed by atoms with E-state index in [1.165, 1.54) is 18.4 Å². The minimum Gasteiger partial charge on any atom is -0.496 e. The molecule has 0 aliphatic carbocycles. The zero-order chi connectivity index (χ0) is 17.9. The van der Waals surface area contributed by atoms with Gasteiger partial charge >= 0.3 is 0 Å². The van der Waals surface area contributed by atoms with Crippen molar-refractivity contribution in [3.8, 4) is 5.75 Å². The number of benzene rings is 2. The summed E-state index contributed by atoms with van der Waals surface area (Å²) < 4.78 is 5.32. The van der Waals surface area contributed by atoms with Crippen molar-refractivity contribution in [2.45, 2.75) is 50.4 Å². The van der Waals surface area contributed by atoms with Crippen LogP contribution < -0.4 is 10.1 Å². The molecule has 1 amide bonds. The molecule has 1 N–H and O–H groups in total. The van der Waals surface area contributed by atoms with Crippen molar-refractivity contribution in [1.82, 2.24) is 10.2 Å². The molecule has 2 heterocycles. The Morgan fingerprint density at radius 3 is 2.38 bits per heavy atom. The second-order valence-corrected chi connectivity index (χ2v) is 7.39. The molecule has 2 saturated heterocycles. The van der Waals surface area contributed by atoms with Crippen LogP contribution in [0.4, 0.5) is 0 Å². The fourth-order valence-corrected chi connectivity index (χ4v) is 4.54. The van der Waals surface area contributed by atoms with E-state index in [1.54, 1.807) is 7.11 Å². The SMILES string of the molecule is COc1ccccc1C(=O)NC1C[C@H]2CC[C@H](C1)N2Cc1ccccc1. The average molecular weight is 350 g/mol. The lowest BCUT2D eigenvalue weighted by atomic mass is 9.96. The summed E-state index contributed by atoms with van der Waals surface area (Å²) in [6.45, 7) is 1.02. The van der Waals surface area contributed by atoms with E-state index in [1.807, 2.05) is 24.3 Å². The van der Waals surface area contributed by atoms with Gasteiger partial charge in [0.1, 0.15) is 5.75 Å². The van der Waals surface area contributed by atoms with E-state index in [0.29, 0.717) is 23.4 Å². The molecule has 0 radical (unpaired) electrons. The highest BCUT2D eigenvalue weighted by atomic mass is 16.5. The summed E-state index contributed by atoms with van der Waals surface area (Å²) in [5.74, 6) is 0.609. The van der Waals surface area contributed by atoms with E-state index in [4.69, 9.17) is 4.74 Å². The molecule has 2 aromatic carbocycles. The predicted molar refractivity (Wildman–Crippen MR) is 102 cm³/mol. The Hall–Kier alpha value is -2.33. The molecule has 2 aliphatic rings. The molecule has 0 saturated carbocycles. The van der Waals surface area contributed by atoms with Crippen molar-refractivity contribution in [2.24, 2.45) is 0 Å². The third kappa shape index (κ3) is 3.47. The first-order valence-corrected chi connectivity index (χ1v) is 9.48. The van der Waals surface area contributed by atoms with Crippen LogP contribution in [0.2, 0.25) is 0 Å². The number of carbonyl (C=O) groups is 1. The molecule has 4 rings (SSSR count). The van der Waals surface area contributed by atoms with Crippen LogP contribution in [0.15, 0.2) is 54.6 Å². The number of nitrogens with zero attached hydrogens (tertiary/aromatic N) is 1. The van der Waals surface area contributed by atoms with Gasteiger partial charge in [-0.1, -0.05) is 42.5 Å². The number of hydrogen-bond donors (Lipinski definition) is 1. The molecule has 26 heavy (non-hydrogen) atoms. The van der Waals surface area contributed by atoms with Crippen molar-refractivity contribution < 1.29 is 9.53 Å². The van der Waals surface area contributed by atoms with Gasteiger partial charge in [0.15, 0.2) is 0 Å². The fraction of sp³-hybridized carbons (Fsp3) is 0.409. The Morgan fingerprint density at radius 2 is 1.69 bits per heavy atom. The third-order valence-electron chi connectivity index (χ3n) is 5.78. The van der Waals surface area contributed by atoms with Gasteiger partial charge in [-0.25, -0.2) is 0 Å². The Labute approximate surface area is 155 Å². The van der Waals surface area contributed by atoms with Crippen LogP contribution in [-0.4, -0.2) is 36.0 Å². The lowest BCUT2D eigenvalue weighted by Gasteiger charge is -2.39. The first-order chi connectivity index (χ1) is 12.7. The van der Waals surface area contributed by atoms with Gasteiger partial charge in [0, 0.05) is 24.7 Å². The maximum absolute atomic E-state index is 12.7. The number of fused-ring (bicyclic) bond motifs is 2. The van der Waals surface area contributed by atoms with Crippen molar-refractivity contribution >= 4 is 5.91 Å². The zero-order valence-corrected chi connectivity index (χ0v) is 15.2. The minimum absolute atomic E-state index is 0.0247. The molecular weight excluding hydrogens is 324 g/mol.